The van der Waals surface area contributed by atoms with Crippen molar-refractivity contribution in [1.82, 2.24) is 14.5 Å². The number of nitriles is 1. The molecule has 0 fully saturated rings. The fourth-order valence-electron chi connectivity index (χ4n) is 4.25. The van der Waals surface area contributed by atoms with Crippen molar-refractivity contribution in [3.63, 3.8) is 0 Å². The molecule has 2 amide bonds. The lowest BCUT2D eigenvalue weighted by molar-refractivity contribution is -0.188. The van der Waals surface area contributed by atoms with E-state index >= 15 is 0 Å². The Hall–Kier alpha value is -3.96. The van der Waals surface area contributed by atoms with E-state index in [1.165, 1.54) is 50.5 Å². The third-order valence-electron chi connectivity index (χ3n) is 6.25. The Morgan fingerprint density at radius 3 is 2.49 bits per heavy atom. The van der Waals surface area contributed by atoms with Gasteiger partial charge in [-0.05, 0) is 53.8 Å². The van der Waals surface area contributed by atoms with Crippen molar-refractivity contribution < 1.29 is 41.1 Å². The Bertz CT molecular complexity index is 1440. The molecule has 208 valence electrons. The minimum absolute atomic E-state index is 0.00938. The summed E-state index contributed by atoms with van der Waals surface area (Å²) in [4.78, 5) is 37.7. The van der Waals surface area contributed by atoms with Gasteiger partial charge in [-0.25, -0.2) is 8.42 Å². The Morgan fingerprint density at radius 2 is 1.90 bits per heavy atom. The molecule has 10 nitrogen and oxygen atoms in total. The van der Waals surface area contributed by atoms with Crippen LogP contribution in [0.3, 0.4) is 0 Å². The number of rotatable bonds is 8. The van der Waals surface area contributed by atoms with Gasteiger partial charge in [-0.15, -0.1) is 0 Å². The molecule has 0 bridgehead atoms. The van der Waals surface area contributed by atoms with Gasteiger partial charge in [0.2, 0.25) is 15.9 Å². The second-order valence-corrected chi connectivity index (χ2v) is 10.9. The molecule has 2 aromatic rings. The molecular formula is C25H25F3N4O6S. The molecule has 0 saturated carbocycles. The summed E-state index contributed by atoms with van der Waals surface area (Å²) in [6.45, 7) is -0.329. The van der Waals surface area contributed by atoms with E-state index in [-0.39, 0.29) is 30.5 Å². The van der Waals surface area contributed by atoms with Crippen LogP contribution in [0.25, 0.3) is 0 Å². The van der Waals surface area contributed by atoms with Gasteiger partial charge >= 0.3 is 18.1 Å². The summed E-state index contributed by atoms with van der Waals surface area (Å²) in [7, 11) is -1.74. The summed E-state index contributed by atoms with van der Waals surface area (Å²) in [5.41, 5.74) is 1.15. The zero-order chi connectivity index (χ0) is 29.1. The minimum atomic E-state index is -5.21. The fourth-order valence-corrected chi connectivity index (χ4v) is 5.48. The van der Waals surface area contributed by atoms with Crippen molar-refractivity contribution in [3.8, 4) is 6.07 Å². The van der Waals surface area contributed by atoms with Crippen LogP contribution in [0.2, 0.25) is 0 Å². The number of fused-ring (bicyclic) bond motifs is 1. The van der Waals surface area contributed by atoms with Gasteiger partial charge in [0, 0.05) is 20.6 Å². The maximum atomic E-state index is 13.3. The summed E-state index contributed by atoms with van der Waals surface area (Å²) in [5, 5.41) is 18.7. The Morgan fingerprint density at radius 1 is 1.21 bits per heavy atom. The predicted molar refractivity (Wildman–Crippen MR) is 131 cm³/mol. The number of alkyl halides is 3. The van der Waals surface area contributed by atoms with Gasteiger partial charge in [-0.3, -0.25) is 14.4 Å². The molecule has 0 spiro atoms. The zero-order valence-electron chi connectivity index (χ0n) is 20.9. The first-order valence-corrected chi connectivity index (χ1v) is 13.1. The maximum Gasteiger partial charge on any atom is 0.471 e. The zero-order valence-corrected chi connectivity index (χ0v) is 21.7. The molecule has 0 aliphatic carbocycles. The molecule has 14 heteroatoms. The SMILES string of the molecule is CN(C)C(=O)CC1c2cc(S(=O)(=O)N[C@@H](Cc3cccc(C#N)c3)C(=O)O)ccc2CCN1C(=O)C(F)(F)F. The first-order chi connectivity index (χ1) is 18.1. The number of carboxylic acids is 1. The molecule has 0 saturated heterocycles. The molecule has 2 aromatic carbocycles. The number of benzene rings is 2. The van der Waals surface area contributed by atoms with E-state index in [0.29, 0.717) is 16.0 Å². The van der Waals surface area contributed by atoms with Gasteiger partial charge in [0.05, 0.1) is 29.0 Å². The highest BCUT2D eigenvalue weighted by Gasteiger charge is 2.46. The van der Waals surface area contributed by atoms with E-state index in [4.69, 9.17) is 5.26 Å². The van der Waals surface area contributed by atoms with Crippen LogP contribution in [0.4, 0.5) is 13.2 Å². The highest BCUT2D eigenvalue weighted by molar-refractivity contribution is 7.89. The highest BCUT2D eigenvalue weighted by atomic mass is 32.2. The van der Waals surface area contributed by atoms with Gasteiger partial charge in [0.25, 0.3) is 0 Å². The number of nitrogens with one attached hydrogen (secondary N) is 1. The molecule has 1 unspecified atom stereocenters. The minimum Gasteiger partial charge on any atom is -0.480 e. The number of sulfonamides is 1. The second-order valence-electron chi connectivity index (χ2n) is 9.14. The van der Waals surface area contributed by atoms with Gasteiger partial charge in [-0.1, -0.05) is 18.2 Å². The van der Waals surface area contributed by atoms with E-state index < -0.39 is 57.4 Å². The van der Waals surface area contributed by atoms with Gasteiger partial charge in [0.15, 0.2) is 0 Å². The van der Waals surface area contributed by atoms with E-state index in [2.05, 4.69) is 4.72 Å². The predicted octanol–water partition coefficient (Wildman–Crippen LogP) is 2.00. The van der Waals surface area contributed by atoms with Crippen molar-refractivity contribution in [2.45, 2.75) is 42.4 Å². The topological polar surface area (TPSA) is 148 Å². The average molecular weight is 567 g/mol. The number of carbonyl (C=O) groups is 3. The van der Waals surface area contributed by atoms with Crippen LogP contribution in [0.1, 0.15) is 34.7 Å². The van der Waals surface area contributed by atoms with Crippen LogP contribution in [0, 0.1) is 11.3 Å². The van der Waals surface area contributed by atoms with E-state index in [9.17, 15) is 41.1 Å². The molecule has 2 N–H and O–H groups in total. The number of hydrogen-bond donors (Lipinski definition) is 2. The number of amides is 2. The average Bonchev–Trinajstić information content (AvgIpc) is 2.87. The van der Waals surface area contributed by atoms with Crippen molar-refractivity contribution in [2.75, 3.05) is 20.6 Å². The van der Waals surface area contributed by atoms with Gasteiger partial charge in [-0.2, -0.15) is 23.2 Å². The Balaban J connectivity index is 1.98. The number of carbonyl (C=O) groups excluding carboxylic acids is 2. The molecule has 0 radical (unpaired) electrons. The summed E-state index contributed by atoms with van der Waals surface area (Å²) in [6.07, 6.45) is -6.03. The summed E-state index contributed by atoms with van der Waals surface area (Å²) in [6, 6.07) is 8.48. The molecule has 2 atom stereocenters. The fraction of sp³-hybridized carbons (Fsp3) is 0.360. The summed E-state index contributed by atoms with van der Waals surface area (Å²) >= 11 is 0. The van der Waals surface area contributed by atoms with Crippen LogP contribution >= 0.6 is 0 Å². The third-order valence-corrected chi connectivity index (χ3v) is 7.72. The van der Waals surface area contributed by atoms with Crippen LogP contribution in [0.5, 0.6) is 0 Å². The van der Waals surface area contributed by atoms with Crippen LogP contribution in [0.15, 0.2) is 47.4 Å². The summed E-state index contributed by atoms with van der Waals surface area (Å²) < 4.78 is 68.5. The van der Waals surface area contributed by atoms with Gasteiger partial charge in [0.1, 0.15) is 6.04 Å². The maximum absolute atomic E-state index is 13.3. The quantitative estimate of drug-likeness (QED) is 0.497. The third kappa shape index (κ3) is 6.92. The first-order valence-electron chi connectivity index (χ1n) is 11.6. The molecule has 1 heterocycles. The molecule has 39 heavy (non-hydrogen) atoms. The first kappa shape index (κ1) is 29.6. The van der Waals surface area contributed by atoms with Crippen LogP contribution < -0.4 is 4.72 Å². The monoisotopic (exact) mass is 566 g/mol. The van der Waals surface area contributed by atoms with Crippen molar-refractivity contribution >= 4 is 27.8 Å². The number of carboxylic acid groups (broad SMARTS) is 1. The normalized spacial score (nSPS) is 16.1. The Labute approximate surface area is 222 Å². The van der Waals surface area contributed by atoms with Gasteiger partial charge < -0.3 is 14.9 Å². The number of nitrogens with zero attached hydrogens (tertiary/aromatic N) is 3. The van der Waals surface area contributed by atoms with Crippen LogP contribution in [-0.4, -0.2) is 74.0 Å². The lowest BCUT2D eigenvalue weighted by Crippen LogP contribution is -2.47. The van der Waals surface area contributed by atoms with Crippen LogP contribution in [-0.2, 0) is 37.2 Å². The molecule has 3 rings (SSSR count). The number of halogens is 3. The lowest BCUT2D eigenvalue weighted by atomic mass is 9.90. The smallest absolute Gasteiger partial charge is 0.471 e. The Kier molecular flexibility index (Phi) is 8.67. The van der Waals surface area contributed by atoms with E-state index in [1.807, 2.05) is 6.07 Å². The molecule has 0 aromatic heterocycles. The second kappa shape index (κ2) is 11.4. The van der Waals surface area contributed by atoms with Crippen molar-refractivity contribution in [3.05, 3.63) is 64.7 Å². The highest BCUT2D eigenvalue weighted by Crippen LogP contribution is 2.37. The van der Waals surface area contributed by atoms with E-state index in [0.717, 1.165) is 11.0 Å². The molecular weight excluding hydrogens is 541 g/mol. The standard InChI is InChI=1S/C25H25F3N4O6S/c1-31(2)22(33)13-21-19-12-18(7-6-17(19)8-9-32(21)24(36)25(26,27)28)39(37,38)30-20(23(34)35)11-15-4-3-5-16(10-15)14-29/h3-7,10,12,20-21,30H,8-9,11,13H2,1-2H3,(H,34,35)/t20-,21?/m0/s1. The summed E-state index contributed by atoms with van der Waals surface area (Å²) in [5.74, 6) is -4.22. The van der Waals surface area contributed by atoms with Crippen molar-refractivity contribution in [1.29, 1.82) is 5.26 Å². The number of hydrogen-bond acceptors (Lipinski definition) is 6. The molecule has 1 aliphatic rings. The van der Waals surface area contributed by atoms with E-state index in [1.54, 1.807) is 0 Å². The van der Waals surface area contributed by atoms with Crippen molar-refractivity contribution in [2.24, 2.45) is 0 Å². The molecule has 1 aliphatic heterocycles. The number of aliphatic carboxylic acids is 1. The largest absolute Gasteiger partial charge is 0.480 e. The lowest BCUT2D eigenvalue weighted by Gasteiger charge is -2.38.